The Kier molecular flexibility index (Phi) is 8.55. The Labute approximate surface area is 168 Å². The molecular formula is C22H35FN2O3. The number of nitrogens with two attached hydrogens (primary N) is 1. The maximum Gasteiger partial charge on any atom is 0.306 e. The molecule has 1 fully saturated rings. The molecule has 0 aliphatic heterocycles. The zero-order chi connectivity index (χ0) is 20.7. The van der Waals surface area contributed by atoms with Crippen LogP contribution in [0.4, 0.5) is 15.8 Å². The van der Waals surface area contributed by atoms with Crippen LogP contribution in [0.15, 0.2) is 12.1 Å². The molecule has 1 aliphatic rings. The fraction of sp³-hybridized carbons (Fsp3) is 0.682. The fourth-order valence-electron chi connectivity index (χ4n) is 4.15. The highest BCUT2D eigenvalue weighted by atomic mass is 19.1. The number of hydrogen-bond acceptors (Lipinski definition) is 5. The molecule has 1 saturated carbocycles. The molecule has 1 atom stereocenters. The number of nitrogens with zero attached hydrogens (tertiary/aromatic N) is 1. The van der Waals surface area contributed by atoms with Gasteiger partial charge < -0.3 is 20.1 Å². The Balaban J connectivity index is 2.36. The Morgan fingerprint density at radius 3 is 2.46 bits per heavy atom. The molecule has 1 unspecified atom stereocenters. The molecule has 1 aliphatic carbocycles. The van der Waals surface area contributed by atoms with E-state index in [0.29, 0.717) is 35.5 Å². The van der Waals surface area contributed by atoms with Crippen molar-refractivity contribution < 1.29 is 18.7 Å². The molecule has 0 bridgehead atoms. The number of methoxy groups -OCH3 is 2. The van der Waals surface area contributed by atoms with Crippen LogP contribution in [0.5, 0.6) is 0 Å². The molecule has 158 valence electrons. The summed E-state index contributed by atoms with van der Waals surface area (Å²) in [6, 6.07) is 3.62. The van der Waals surface area contributed by atoms with Crippen molar-refractivity contribution in [1.82, 2.24) is 0 Å². The Morgan fingerprint density at radius 2 is 1.93 bits per heavy atom. The van der Waals surface area contributed by atoms with E-state index in [4.69, 9.17) is 15.2 Å². The molecule has 2 rings (SSSR count). The summed E-state index contributed by atoms with van der Waals surface area (Å²) in [7, 11) is 2.91. The summed E-state index contributed by atoms with van der Waals surface area (Å²) < 4.78 is 25.3. The molecule has 6 heteroatoms. The average Bonchev–Trinajstić information content (AvgIpc) is 2.66. The number of ether oxygens (including phenoxy) is 2. The summed E-state index contributed by atoms with van der Waals surface area (Å²) in [4.78, 5) is 13.9. The van der Waals surface area contributed by atoms with Gasteiger partial charge in [-0.05, 0) is 36.5 Å². The van der Waals surface area contributed by atoms with Crippen LogP contribution in [0.2, 0.25) is 0 Å². The van der Waals surface area contributed by atoms with Gasteiger partial charge in [0.05, 0.1) is 31.5 Å². The smallest absolute Gasteiger partial charge is 0.306 e. The SMILES string of the molecule is COCC(CC(=O)OC)c1cc(N)c(N(CC(C)C)C2CCCCC2)c(F)c1. The van der Waals surface area contributed by atoms with Crippen molar-refractivity contribution in [1.29, 1.82) is 0 Å². The molecular weight excluding hydrogens is 359 g/mol. The molecule has 0 saturated heterocycles. The van der Waals surface area contributed by atoms with Gasteiger partial charge in [-0.3, -0.25) is 4.79 Å². The van der Waals surface area contributed by atoms with E-state index >= 15 is 4.39 Å². The number of benzene rings is 1. The molecule has 5 nitrogen and oxygen atoms in total. The zero-order valence-corrected chi connectivity index (χ0v) is 17.7. The van der Waals surface area contributed by atoms with Crippen LogP contribution in [0.3, 0.4) is 0 Å². The maximum atomic E-state index is 15.3. The van der Waals surface area contributed by atoms with Crippen LogP contribution in [0.1, 0.15) is 63.9 Å². The minimum Gasteiger partial charge on any atom is -0.469 e. The summed E-state index contributed by atoms with van der Waals surface area (Å²) in [5.74, 6) is -0.571. The standard InChI is InChI=1S/C22H35FN2O3/c1-15(2)13-25(18-8-6-5-7-9-18)22-19(23)10-16(11-20(22)24)17(14-27-3)12-21(26)28-4/h10-11,15,17-18H,5-9,12-14,24H2,1-4H3. The van der Waals surface area contributed by atoms with Crippen LogP contribution >= 0.6 is 0 Å². The van der Waals surface area contributed by atoms with Gasteiger partial charge in [-0.15, -0.1) is 0 Å². The monoisotopic (exact) mass is 394 g/mol. The minimum absolute atomic E-state index is 0.126. The summed E-state index contributed by atoms with van der Waals surface area (Å²) in [6.45, 7) is 5.35. The van der Waals surface area contributed by atoms with Gasteiger partial charge in [0.15, 0.2) is 0 Å². The van der Waals surface area contributed by atoms with Gasteiger partial charge in [0.1, 0.15) is 5.82 Å². The lowest BCUT2D eigenvalue weighted by Crippen LogP contribution is -2.40. The molecule has 2 N–H and O–H groups in total. The van der Waals surface area contributed by atoms with Gasteiger partial charge in [0.2, 0.25) is 0 Å². The van der Waals surface area contributed by atoms with Crippen LogP contribution in [-0.2, 0) is 14.3 Å². The number of carbonyl (C=O) groups is 1. The second kappa shape index (κ2) is 10.6. The van der Waals surface area contributed by atoms with Gasteiger partial charge in [0.25, 0.3) is 0 Å². The third kappa shape index (κ3) is 5.84. The quantitative estimate of drug-likeness (QED) is 0.494. The van der Waals surface area contributed by atoms with Gasteiger partial charge >= 0.3 is 5.97 Å². The van der Waals surface area contributed by atoms with Gasteiger partial charge in [-0.2, -0.15) is 0 Å². The van der Waals surface area contributed by atoms with Crippen molar-refractivity contribution in [3.05, 3.63) is 23.5 Å². The van der Waals surface area contributed by atoms with Crippen molar-refractivity contribution >= 4 is 17.3 Å². The minimum atomic E-state index is -0.353. The van der Waals surface area contributed by atoms with E-state index in [9.17, 15) is 4.79 Å². The Bertz CT molecular complexity index is 622. The van der Waals surface area contributed by atoms with E-state index in [0.717, 1.165) is 19.4 Å². The van der Waals surface area contributed by atoms with E-state index in [1.165, 1.54) is 32.4 Å². The number of halogens is 1. The lowest BCUT2D eigenvalue weighted by atomic mass is 9.91. The second-order valence-electron chi connectivity index (χ2n) is 8.21. The molecule has 0 amide bonds. The van der Waals surface area contributed by atoms with E-state index in [1.54, 1.807) is 13.2 Å². The highest BCUT2D eigenvalue weighted by Crippen LogP contribution is 2.36. The second-order valence-corrected chi connectivity index (χ2v) is 8.21. The molecule has 1 aromatic rings. The summed E-state index contributed by atoms with van der Waals surface area (Å²) >= 11 is 0. The van der Waals surface area contributed by atoms with Crippen LogP contribution in [0.25, 0.3) is 0 Å². The Morgan fingerprint density at radius 1 is 1.25 bits per heavy atom. The third-order valence-corrected chi connectivity index (χ3v) is 5.46. The normalized spacial score (nSPS) is 16.2. The molecule has 0 aromatic heterocycles. The molecule has 0 heterocycles. The van der Waals surface area contributed by atoms with Crippen LogP contribution < -0.4 is 10.6 Å². The van der Waals surface area contributed by atoms with Crippen molar-refractivity contribution in [2.75, 3.05) is 38.0 Å². The van der Waals surface area contributed by atoms with Crippen molar-refractivity contribution in [3.63, 3.8) is 0 Å². The van der Waals surface area contributed by atoms with Crippen molar-refractivity contribution in [2.24, 2.45) is 5.92 Å². The average molecular weight is 395 g/mol. The topological polar surface area (TPSA) is 64.8 Å². The molecule has 28 heavy (non-hydrogen) atoms. The van der Waals surface area contributed by atoms with Crippen LogP contribution in [-0.4, -0.2) is 39.4 Å². The predicted octanol–water partition coefficient (Wildman–Crippen LogP) is 4.50. The van der Waals surface area contributed by atoms with Crippen molar-refractivity contribution in [3.8, 4) is 0 Å². The molecule has 0 radical (unpaired) electrons. The number of rotatable bonds is 9. The highest BCUT2D eigenvalue weighted by Gasteiger charge is 2.27. The summed E-state index contributed by atoms with van der Waals surface area (Å²) in [5, 5.41) is 0. The number of hydrogen-bond donors (Lipinski definition) is 1. The lowest BCUT2D eigenvalue weighted by molar-refractivity contribution is -0.141. The number of esters is 1. The zero-order valence-electron chi connectivity index (χ0n) is 17.7. The lowest BCUT2D eigenvalue weighted by Gasteiger charge is -2.38. The van der Waals surface area contributed by atoms with E-state index in [-0.39, 0.29) is 24.1 Å². The maximum absolute atomic E-state index is 15.3. The first kappa shape index (κ1) is 22.5. The number of anilines is 2. The van der Waals surface area contributed by atoms with Gasteiger partial charge in [-0.25, -0.2) is 4.39 Å². The Hall–Kier alpha value is -1.82. The summed E-state index contributed by atoms with van der Waals surface area (Å²) in [5.41, 5.74) is 7.95. The summed E-state index contributed by atoms with van der Waals surface area (Å²) in [6.07, 6.45) is 5.86. The molecule has 0 spiro atoms. The first-order chi connectivity index (χ1) is 13.4. The fourth-order valence-corrected chi connectivity index (χ4v) is 4.15. The number of nitrogen functional groups attached to an aromatic ring is 1. The first-order valence-corrected chi connectivity index (χ1v) is 10.3. The highest BCUT2D eigenvalue weighted by molar-refractivity contribution is 5.72. The van der Waals surface area contributed by atoms with Crippen molar-refractivity contribution in [2.45, 2.75) is 64.3 Å². The van der Waals surface area contributed by atoms with Gasteiger partial charge in [-0.1, -0.05) is 33.1 Å². The largest absolute Gasteiger partial charge is 0.469 e. The van der Waals surface area contributed by atoms with E-state index in [1.807, 2.05) is 0 Å². The van der Waals surface area contributed by atoms with E-state index < -0.39 is 0 Å². The number of carbonyl (C=O) groups excluding carboxylic acids is 1. The molecule has 1 aromatic carbocycles. The van der Waals surface area contributed by atoms with Crippen LogP contribution in [0, 0.1) is 11.7 Å². The predicted molar refractivity (Wildman–Crippen MR) is 111 cm³/mol. The third-order valence-electron chi connectivity index (χ3n) is 5.46. The van der Waals surface area contributed by atoms with E-state index in [2.05, 4.69) is 18.7 Å². The van der Waals surface area contributed by atoms with Gasteiger partial charge in [0, 0.05) is 25.6 Å². The first-order valence-electron chi connectivity index (χ1n) is 10.3.